The number of aliphatic hydroxyl groups excluding tert-OH is 1. The smallest absolute Gasteiger partial charge is 0.263 e. The number of piperazine rings is 1. The fourth-order valence-electron chi connectivity index (χ4n) is 10.3. The molecule has 3 aliphatic rings. The molecule has 0 radical (unpaired) electrons. The zero-order valence-electron chi connectivity index (χ0n) is 44.2. The molecular formula is C55H73N11O7S. The van der Waals surface area contributed by atoms with Gasteiger partial charge in [-0.1, -0.05) is 64.8 Å². The maximum absolute atomic E-state index is 14.1. The molecule has 0 bridgehead atoms. The number of pyridine rings is 2. The predicted octanol–water partition coefficient (Wildman–Crippen LogP) is 6.76. The number of hydrogen-bond acceptors (Lipinski definition) is 14. The van der Waals surface area contributed by atoms with E-state index < -0.39 is 29.5 Å². The van der Waals surface area contributed by atoms with Crippen molar-refractivity contribution >= 4 is 81.4 Å². The van der Waals surface area contributed by atoms with Gasteiger partial charge in [0.05, 0.1) is 23.6 Å². The number of Topliss-reactive ketones (excluding diaryl/α,β-unsaturated/α-hetero) is 1. The number of aromatic nitrogens is 4. The summed E-state index contributed by atoms with van der Waals surface area (Å²) in [5.74, 6) is 0.539. The van der Waals surface area contributed by atoms with E-state index in [0.717, 1.165) is 60.2 Å². The number of benzene rings is 1. The first-order valence-corrected chi connectivity index (χ1v) is 27.1. The summed E-state index contributed by atoms with van der Waals surface area (Å²) in [6, 6.07) is 9.92. The van der Waals surface area contributed by atoms with Gasteiger partial charge in [0.2, 0.25) is 29.6 Å². The Morgan fingerprint density at radius 3 is 2.28 bits per heavy atom. The third kappa shape index (κ3) is 13.2. The number of carbonyl (C=O) groups excluding carboxylic acids is 5. The van der Waals surface area contributed by atoms with Crippen LogP contribution in [0.1, 0.15) is 133 Å². The molecule has 2 aliphatic heterocycles. The van der Waals surface area contributed by atoms with E-state index in [0.29, 0.717) is 72.5 Å². The molecule has 7 rings (SSSR count). The maximum Gasteiger partial charge on any atom is 0.263 e. The van der Waals surface area contributed by atoms with Gasteiger partial charge in [0, 0.05) is 99.6 Å². The number of aliphatic imine (C=N–C) groups is 1. The van der Waals surface area contributed by atoms with Gasteiger partial charge >= 0.3 is 0 Å². The molecule has 1 aliphatic carbocycles. The second-order valence-corrected chi connectivity index (χ2v) is 21.8. The van der Waals surface area contributed by atoms with Crippen molar-refractivity contribution < 1.29 is 29.1 Å². The zero-order valence-corrected chi connectivity index (χ0v) is 45.0. The number of aryl methyl sites for hydroxylation is 1. The first-order valence-electron chi connectivity index (χ1n) is 26.0. The summed E-state index contributed by atoms with van der Waals surface area (Å²) < 4.78 is 1.69. The topological polar surface area (TPSA) is 224 Å². The van der Waals surface area contributed by atoms with Gasteiger partial charge in [-0.25, -0.2) is 9.97 Å². The van der Waals surface area contributed by atoms with Crippen LogP contribution in [0.25, 0.3) is 16.6 Å². The number of nitrogens with one attached hydrogen (secondary N) is 3. The molecule has 1 aromatic carbocycles. The lowest BCUT2D eigenvalue weighted by Gasteiger charge is -2.36. The number of nitrogens with zero attached hydrogens (tertiary/aromatic N) is 8. The number of ketones is 1. The van der Waals surface area contributed by atoms with Crippen LogP contribution < -0.4 is 26.4 Å². The molecule has 3 atom stereocenters. The zero-order chi connectivity index (χ0) is 53.3. The van der Waals surface area contributed by atoms with Crippen molar-refractivity contribution in [3.8, 4) is 0 Å². The Morgan fingerprint density at radius 1 is 0.946 bits per heavy atom. The van der Waals surface area contributed by atoms with Crippen molar-refractivity contribution in [2.24, 2.45) is 10.4 Å². The van der Waals surface area contributed by atoms with Gasteiger partial charge in [-0.05, 0) is 86.8 Å². The van der Waals surface area contributed by atoms with E-state index in [-0.39, 0.29) is 66.6 Å². The number of fused-ring (bicyclic) bond motifs is 1. The number of anilines is 3. The SMILES string of the molecule is CC=N/C(C)=C(\CC)c1ccc(CNC(=O)[C@@H]2C[C@@H](O)CN2C(=O)[C@@H](NC(=O)CCSCCC(=O)N2CCN(c3ccc(Nc4ncc5c(C)c(C(C)=O)c(=O)n(C6CCCC6)c5n4)nc3)CC2)C(C)(C)C)cc1. The van der Waals surface area contributed by atoms with Gasteiger partial charge in [-0.15, -0.1) is 0 Å². The number of likely N-dealkylation sites (tertiary alicyclic amines) is 1. The number of hydrogen-bond donors (Lipinski definition) is 4. The summed E-state index contributed by atoms with van der Waals surface area (Å²) in [7, 11) is 0. The highest BCUT2D eigenvalue weighted by molar-refractivity contribution is 7.99. The normalized spacial score (nSPS) is 18.2. The fraction of sp³-hybridized carbons (Fsp3) is 0.527. The van der Waals surface area contributed by atoms with E-state index in [2.05, 4.69) is 42.7 Å². The van der Waals surface area contributed by atoms with Crippen LogP contribution in [0.15, 0.2) is 64.3 Å². The standard InChI is InChI=1S/C55H73N11O7S/c1-9-42(35(4)56-10-2)38-17-15-37(16-18-38)30-58-51(71)44-29-41(68)33-65(44)53(73)49(55(6,7)8)61-46(69)21-27-74-28-22-47(70)64-25-23-63(24-26-64)40-19-20-45(57-31-40)60-54-59-32-43-34(3)48(36(5)67)52(72)66(50(43)62-54)39-13-11-12-14-39/h10,15-20,31-32,39,41,44,49,68H,9,11-14,21-30,33H2,1-8H3,(H,58,71)(H,61,69)(H,57,59,60,62)/b42-35+,56-10?/t41-,44+,49-/m1/s1. The Labute approximate surface area is 438 Å². The molecule has 4 amide bonds. The minimum Gasteiger partial charge on any atom is -0.391 e. The summed E-state index contributed by atoms with van der Waals surface area (Å²) in [5, 5.41) is 20.4. The van der Waals surface area contributed by atoms with Gasteiger partial charge in [0.15, 0.2) is 5.78 Å². The Hall–Kier alpha value is -6.47. The lowest BCUT2D eigenvalue weighted by Crippen LogP contribution is -2.57. The molecule has 4 N–H and O–H groups in total. The minimum absolute atomic E-state index is 0.00967. The summed E-state index contributed by atoms with van der Waals surface area (Å²) in [5.41, 5.74) is 5.27. The van der Waals surface area contributed by atoms with E-state index >= 15 is 0 Å². The number of rotatable bonds is 19. The van der Waals surface area contributed by atoms with Crippen molar-refractivity contribution in [1.82, 2.24) is 40.0 Å². The van der Waals surface area contributed by atoms with Crippen LogP contribution in [0.5, 0.6) is 0 Å². The highest BCUT2D eigenvalue weighted by atomic mass is 32.2. The van der Waals surface area contributed by atoms with E-state index in [4.69, 9.17) is 4.98 Å². The number of carbonyl (C=O) groups is 5. The quantitative estimate of drug-likeness (QED) is 0.0434. The van der Waals surface area contributed by atoms with Crippen LogP contribution in [0.4, 0.5) is 17.5 Å². The first-order chi connectivity index (χ1) is 35.4. The molecule has 74 heavy (non-hydrogen) atoms. The van der Waals surface area contributed by atoms with Gasteiger partial charge in [0.25, 0.3) is 5.56 Å². The van der Waals surface area contributed by atoms with Crippen molar-refractivity contribution in [2.75, 3.05) is 54.4 Å². The Balaban J connectivity index is 0.837. The van der Waals surface area contributed by atoms with Crippen LogP contribution in [0, 0.1) is 12.3 Å². The summed E-state index contributed by atoms with van der Waals surface area (Å²) in [6.45, 7) is 17.4. The van der Waals surface area contributed by atoms with Crippen LogP contribution in [-0.4, -0.2) is 132 Å². The largest absolute Gasteiger partial charge is 0.391 e. The molecule has 18 nitrogen and oxygen atoms in total. The highest BCUT2D eigenvalue weighted by Crippen LogP contribution is 2.33. The molecule has 19 heteroatoms. The molecular weight excluding hydrogens is 959 g/mol. The summed E-state index contributed by atoms with van der Waals surface area (Å²) in [4.78, 5) is 104. The second kappa shape index (κ2) is 24.7. The first kappa shape index (κ1) is 55.3. The highest BCUT2D eigenvalue weighted by Gasteiger charge is 2.44. The third-order valence-electron chi connectivity index (χ3n) is 14.3. The Bertz CT molecular complexity index is 2810. The van der Waals surface area contributed by atoms with Gasteiger partial charge < -0.3 is 35.8 Å². The number of amides is 4. The summed E-state index contributed by atoms with van der Waals surface area (Å²) >= 11 is 1.51. The van der Waals surface area contributed by atoms with Crippen molar-refractivity contribution in [3.63, 3.8) is 0 Å². The van der Waals surface area contributed by atoms with Crippen LogP contribution in [0.3, 0.4) is 0 Å². The van der Waals surface area contributed by atoms with Crippen molar-refractivity contribution in [2.45, 2.75) is 138 Å². The lowest BCUT2D eigenvalue weighted by molar-refractivity contribution is -0.144. The van der Waals surface area contributed by atoms with Crippen LogP contribution in [-0.2, 0) is 25.7 Å². The average molecular weight is 1030 g/mol. The Kier molecular flexibility index (Phi) is 18.5. The van der Waals surface area contributed by atoms with Crippen molar-refractivity contribution in [1.29, 1.82) is 0 Å². The average Bonchev–Trinajstić information content (AvgIpc) is 4.05. The molecule has 1 saturated carbocycles. The number of allylic oxidation sites excluding steroid dienone is 2. The molecule has 5 heterocycles. The monoisotopic (exact) mass is 1030 g/mol. The van der Waals surface area contributed by atoms with Crippen molar-refractivity contribution in [3.05, 3.63) is 87.1 Å². The molecule has 3 fully saturated rings. The number of thioether (sulfide) groups is 1. The molecule has 0 spiro atoms. The predicted molar refractivity (Wildman–Crippen MR) is 292 cm³/mol. The Morgan fingerprint density at radius 2 is 1.65 bits per heavy atom. The summed E-state index contributed by atoms with van der Waals surface area (Å²) in [6.07, 6.45) is 9.49. The molecule has 2 saturated heterocycles. The molecule has 4 aromatic rings. The van der Waals surface area contributed by atoms with Crippen LogP contribution >= 0.6 is 11.8 Å². The maximum atomic E-state index is 14.1. The van der Waals surface area contributed by atoms with E-state index in [9.17, 15) is 33.9 Å². The lowest BCUT2D eigenvalue weighted by atomic mass is 9.85. The van der Waals surface area contributed by atoms with Gasteiger partial charge in [-0.2, -0.15) is 16.7 Å². The van der Waals surface area contributed by atoms with E-state index in [1.54, 1.807) is 30.1 Å². The minimum atomic E-state index is -0.928. The number of aliphatic hydroxyl groups is 1. The second-order valence-electron chi connectivity index (χ2n) is 20.6. The van der Waals surface area contributed by atoms with Crippen LogP contribution in [0.2, 0.25) is 0 Å². The number of β-amino-alcohol motifs (C(OH)–C–C–N with tert-alkyl or cyclic N) is 1. The van der Waals surface area contributed by atoms with Gasteiger partial charge in [0.1, 0.15) is 23.5 Å². The van der Waals surface area contributed by atoms with E-state index in [1.807, 2.05) is 75.9 Å². The molecule has 3 aromatic heterocycles. The van der Waals surface area contributed by atoms with Gasteiger partial charge in [-0.3, -0.25) is 38.3 Å². The third-order valence-corrected chi connectivity index (χ3v) is 15.3. The van der Waals surface area contributed by atoms with E-state index in [1.165, 1.54) is 23.6 Å². The fourth-order valence-corrected chi connectivity index (χ4v) is 11.1. The molecule has 396 valence electrons. The molecule has 0 unspecified atom stereocenters.